The lowest BCUT2D eigenvalue weighted by atomic mass is 9.91. The van der Waals surface area contributed by atoms with Gasteiger partial charge in [0.1, 0.15) is 17.7 Å². The van der Waals surface area contributed by atoms with Crippen LogP contribution in [0, 0.1) is 26.7 Å². The minimum absolute atomic E-state index is 0.0556. The Kier molecular flexibility index (Phi) is 7.37. The fraction of sp³-hybridized carbons (Fsp3) is 0.462. The molecule has 2 aromatic heterocycles. The number of β-amino-alcohol motifs (C(OH)–C–C–N with tert-alkyl or cyclic N) is 1. The summed E-state index contributed by atoms with van der Waals surface area (Å²) in [4.78, 5) is 33.6. The van der Waals surface area contributed by atoms with Crippen molar-refractivity contribution in [2.45, 2.75) is 65.6 Å². The Hall–Kier alpha value is -3.04. The molecule has 1 aliphatic rings. The number of aliphatic hydroxyl groups excluding tert-OH is 1. The molecule has 0 bridgehead atoms. The zero-order valence-corrected chi connectivity index (χ0v) is 21.6. The van der Waals surface area contributed by atoms with Crippen molar-refractivity contribution in [1.29, 1.82) is 0 Å². The monoisotopic (exact) mass is 496 g/mol. The second-order valence-corrected chi connectivity index (χ2v) is 10.5. The molecule has 3 heterocycles. The minimum atomic E-state index is -0.747. The number of benzene rings is 1. The topological polar surface area (TPSA) is 109 Å². The van der Waals surface area contributed by atoms with Gasteiger partial charge in [-0.15, -0.1) is 11.3 Å². The second kappa shape index (κ2) is 10.3. The average molecular weight is 497 g/mol. The smallest absolute Gasteiger partial charge is 0.243 e. The number of aromatic nitrogens is 2. The van der Waals surface area contributed by atoms with E-state index in [4.69, 9.17) is 4.52 Å². The predicted molar refractivity (Wildman–Crippen MR) is 134 cm³/mol. The highest BCUT2D eigenvalue weighted by atomic mass is 32.1. The average Bonchev–Trinajstić information content (AvgIpc) is 3.52. The summed E-state index contributed by atoms with van der Waals surface area (Å²) in [5, 5.41) is 17.2. The van der Waals surface area contributed by atoms with E-state index in [-0.39, 0.29) is 30.7 Å². The molecule has 0 saturated carbocycles. The maximum Gasteiger partial charge on any atom is 0.243 e. The van der Waals surface area contributed by atoms with Gasteiger partial charge >= 0.3 is 0 Å². The van der Waals surface area contributed by atoms with E-state index >= 15 is 0 Å². The van der Waals surface area contributed by atoms with E-state index in [2.05, 4.69) is 27.6 Å². The van der Waals surface area contributed by atoms with E-state index in [1.807, 2.05) is 39.3 Å². The molecule has 8 nitrogen and oxygen atoms in total. The third-order valence-corrected chi connectivity index (χ3v) is 7.46. The molecule has 1 aliphatic heterocycles. The number of nitrogens with zero attached hydrogens (tertiary/aromatic N) is 3. The van der Waals surface area contributed by atoms with E-state index in [1.165, 1.54) is 4.90 Å². The van der Waals surface area contributed by atoms with E-state index in [0.717, 1.165) is 27.3 Å². The van der Waals surface area contributed by atoms with Crippen LogP contribution in [0.15, 0.2) is 34.3 Å². The Morgan fingerprint density at radius 2 is 2.03 bits per heavy atom. The highest BCUT2D eigenvalue weighted by Crippen LogP contribution is 2.32. The molecule has 186 valence electrons. The molecule has 1 saturated heterocycles. The van der Waals surface area contributed by atoms with Gasteiger partial charge in [0.05, 0.1) is 27.9 Å². The highest BCUT2D eigenvalue weighted by molar-refractivity contribution is 7.13. The molecule has 9 heteroatoms. The summed E-state index contributed by atoms with van der Waals surface area (Å²) in [6.07, 6.45) is -0.538. The number of nitrogens with one attached hydrogen (secondary N) is 1. The van der Waals surface area contributed by atoms with Gasteiger partial charge in [-0.3, -0.25) is 9.59 Å². The van der Waals surface area contributed by atoms with Crippen LogP contribution >= 0.6 is 11.3 Å². The number of carbonyl (C=O) groups is 2. The van der Waals surface area contributed by atoms with E-state index in [9.17, 15) is 14.7 Å². The minimum Gasteiger partial charge on any atom is -0.391 e. The van der Waals surface area contributed by atoms with Crippen LogP contribution in [0.25, 0.3) is 10.4 Å². The zero-order chi connectivity index (χ0) is 25.3. The quantitative estimate of drug-likeness (QED) is 0.516. The molecule has 0 spiro atoms. The van der Waals surface area contributed by atoms with Crippen LogP contribution < -0.4 is 5.32 Å². The molecule has 1 aromatic carbocycles. The number of aliphatic hydroxyl groups is 1. The van der Waals surface area contributed by atoms with Crippen molar-refractivity contribution in [3.8, 4) is 10.4 Å². The molecule has 2 amide bonds. The number of likely N-dealkylation sites (tertiary alicyclic amines) is 1. The third kappa shape index (κ3) is 5.31. The van der Waals surface area contributed by atoms with Crippen molar-refractivity contribution >= 4 is 23.2 Å². The van der Waals surface area contributed by atoms with Crippen LogP contribution in [0.2, 0.25) is 0 Å². The zero-order valence-electron chi connectivity index (χ0n) is 20.7. The number of thiazole rings is 1. The van der Waals surface area contributed by atoms with E-state index in [0.29, 0.717) is 18.0 Å². The number of hydrogen-bond acceptors (Lipinski definition) is 7. The van der Waals surface area contributed by atoms with Crippen LogP contribution in [-0.2, 0) is 16.1 Å². The van der Waals surface area contributed by atoms with Crippen molar-refractivity contribution in [1.82, 2.24) is 20.4 Å². The summed E-state index contributed by atoms with van der Waals surface area (Å²) in [7, 11) is 0. The van der Waals surface area contributed by atoms with Crippen molar-refractivity contribution in [2.24, 2.45) is 5.92 Å². The molecule has 0 radical (unpaired) electrons. The predicted octanol–water partition coefficient (Wildman–Crippen LogP) is 3.74. The first kappa shape index (κ1) is 25.1. The van der Waals surface area contributed by atoms with Crippen LogP contribution in [0.1, 0.15) is 54.5 Å². The van der Waals surface area contributed by atoms with Crippen molar-refractivity contribution in [3.05, 3.63) is 58.1 Å². The molecule has 4 rings (SSSR count). The normalized spacial score (nSPS) is 18.8. The van der Waals surface area contributed by atoms with E-state index < -0.39 is 18.1 Å². The molecule has 35 heavy (non-hydrogen) atoms. The Bertz CT molecular complexity index is 1220. The molecule has 0 unspecified atom stereocenters. The van der Waals surface area contributed by atoms with Gasteiger partial charge in [0.25, 0.3) is 0 Å². The maximum absolute atomic E-state index is 13.5. The number of amides is 2. The first-order valence-electron chi connectivity index (χ1n) is 11.8. The summed E-state index contributed by atoms with van der Waals surface area (Å²) in [6.45, 7) is 10.2. The third-order valence-electron chi connectivity index (χ3n) is 6.50. The summed E-state index contributed by atoms with van der Waals surface area (Å²) in [6, 6.07) is 7.13. The summed E-state index contributed by atoms with van der Waals surface area (Å²) in [5.74, 6) is -0.642. The fourth-order valence-corrected chi connectivity index (χ4v) is 5.60. The van der Waals surface area contributed by atoms with Crippen LogP contribution in [-0.4, -0.2) is 50.7 Å². The van der Waals surface area contributed by atoms with Gasteiger partial charge in [0.15, 0.2) is 0 Å². The van der Waals surface area contributed by atoms with Crippen LogP contribution in [0.4, 0.5) is 0 Å². The van der Waals surface area contributed by atoms with Gasteiger partial charge in [0.2, 0.25) is 11.8 Å². The van der Waals surface area contributed by atoms with Gasteiger partial charge < -0.3 is 19.8 Å². The first-order valence-corrected chi connectivity index (χ1v) is 12.7. The summed E-state index contributed by atoms with van der Waals surface area (Å²) < 4.78 is 5.39. The second-order valence-electron chi connectivity index (χ2n) is 9.62. The lowest BCUT2D eigenvalue weighted by Gasteiger charge is -2.28. The molecular formula is C26H32N4O4S. The molecule has 1 fully saturated rings. The van der Waals surface area contributed by atoms with Crippen molar-refractivity contribution < 1.29 is 19.2 Å². The Labute approximate surface area is 209 Å². The number of rotatable bonds is 7. The number of aryl methyl sites for hydroxylation is 3. The Morgan fingerprint density at radius 1 is 1.26 bits per heavy atom. The SMILES string of the molecule is Cc1cc([C@H](C(=O)N2C[C@H](O)C[C@H]2C(=O)NCc2ccc(-c3scnc3C)c(C)c2)C(C)C)on1. The van der Waals surface area contributed by atoms with Crippen molar-refractivity contribution in [3.63, 3.8) is 0 Å². The van der Waals surface area contributed by atoms with Gasteiger partial charge in [-0.2, -0.15) is 0 Å². The van der Waals surface area contributed by atoms with Gasteiger partial charge in [-0.05, 0) is 43.4 Å². The Morgan fingerprint density at radius 3 is 2.63 bits per heavy atom. The molecule has 2 N–H and O–H groups in total. The summed E-state index contributed by atoms with van der Waals surface area (Å²) >= 11 is 1.61. The fourth-order valence-electron chi connectivity index (χ4n) is 4.71. The van der Waals surface area contributed by atoms with Gasteiger partial charge in [-0.1, -0.05) is 37.2 Å². The lowest BCUT2D eigenvalue weighted by Crippen LogP contribution is -2.48. The van der Waals surface area contributed by atoms with Crippen LogP contribution in [0.5, 0.6) is 0 Å². The van der Waals surface area contributed by atoms with Gasteiger partial charge in [-0.25, -0.2) is 4.98 Å². The molecule has 0 aliphatic carbocycles. The van der Waals surface area contributed by atoms with Crippen molar-refractivity contribution in [2.75, 3.05) is 6.54 Å². The summed E-state index contributed by atoms with van der Waals surface area (Å²) in [5.41, 5.74) is 6.76. The first-order chi connectivity index (χ1) is 16.7. The highest BCUT2D eigenvalue weighted by Gasteiger charge is 2.43. The molecular weight excluding hydrogens is 464 g/mol. The number of hydrogen-bond donors (Lipinski definition) is 2. The van der Waals surface area contributed by atoms with Crippen LogP contribution in [0.3, 0.4) is 0 Å². The molecule has 3 aromatic rings. The molecule has 3 atom stereocenters. The van der Waals surface area contributed by atoms with Gasteiger partial charge in [0, 0.05) is 25.6 Å². The van der Waals surface area contributed by atoms with E-state index in [1.54, 1.807) is 24.3 Å². The Balaban J connectivity index is 1.46. The largest absolute Gasteiger partial charge is 0.391 e. The number of carbonyl (C=O) groups excluding carboxylic acids is 2. The maximum atomic E-state index is 13.5. The standard InChI is InChI=1S/C26H32N4O4S/c1-14(2)23(22-9-16(4)29-34-22)26(33)30-12-19(31)10-21(30)25(32)27-11-18-6-7-20(15(3)8-18)24-17(5)28-13-35-24/h6-9,13-14,19,21,23,31H,10-12H2,1-5H3,(H,27,32)/t19-,21+,23-/m1/s1. The lowest BCUT2D eigenvalue weighted by molar-refractivity contribution is -0.141.